The Hall–Kier alpha value is -3.49. The van der Waals surface area contributed by atoms with Gasteiger partial charge in [0.05, 0.1) is 13.7 Å². The van der Waals surface area contributed by atoms with Gasteiger partial charge in [-0.2, -0.15) is 0 Å². The van der Waals surface area contributed by atoms with Crippen molar-refractivity contribution in [2.45, 2.75) is 24.7 Å². The van der Waals surface area contributed by atoms with E-state index in [2.05, 4.69) is 20.8 Å². The van der Waals surface area contributed by atoms with Gasteiger partial charge >= 0.3 is 0 Å². The smallest absolute Gasteiger partial charge is 0.221 e. The molecule has 0 radical (unpaired) electrons. The molecule has 0 fully saturated rings. The SMILES string of the molecule is COc1ccc(CNC(=O)CCSc2nnc(CNc3ccc(Cl)cc3)n2-c2ccccc2)cc1. The minimum atomic E-state index is -0.0104. The average Bonchev–Trinajstić information content (AvgIpc) is 3.30. The maximum absolute atomic E-state index is 12.4. The first kappa shape index (κ1) is 24.6. The highest BCUT2D eigenvalue weighted by molar-refractivity contribution is 7.99. The van der Waals surface area contributed by atoms with E-state index in [-0.39, 0.29) is 5.91 Å². The number of benzene rings is 3. The lowest BCUT2D eigenvalue weighted by molar-refractivity contribution is -0.120. The van der Waals surface area contributed by atoms with Crippen molar-refractivity contribution in [1.29, 1.82) is 0 Å². The van der Waals surface area contributed by atoms with Gasteiger partial charge in [0, 0.05) is 35.1 Å². The molecule has 0 aliphatic heterocycles. The number of methoxy groups -OCH3 is 1. The molecule has 0 aliphatic rings. The third-order valence-electron chi connectivity index (χ3n) is 5.22. The van der Waals surface area contributed by atoms with E-state index < -0.39 is 0 Å². The average molecular weight is 508 g/mol. The number of halogens is 1. The van der Waals surface area contributed by atoms with Crippen LogP contribution in [-0.2, 0) is 17.9 Å². The van der Waals surface area contributed by atoms with Crippen LogP contribution in [0.25, 0.3) is 5.69 Å². The van der Waals surface area contributed by atoms with Crippen molar-refractivity contribution in [2.24, 2.45) is 0 Å². The van der Waals surface area contributed by atoms with Crippen LogP contribution in [0.2, 0.25) is 5.02 Å². The van der Waals surface area contributed by atoms with Gasteiger partial charge < -0.3 is 15.4 Å². The van der Waals surface area contributed by atoms with Crippen LogP contribution in [0.1, 0.15) is 17.8 Å². The summed E-state index contributed by atoms with van der Waals surface area (Å²) in [4.78, 5) is 12.4. The van der Waals surface area contributed by atoms with Crippen LogP contribution >= 0.6 is 23.4 Å². The normalized spacial score (nSPS) is 10.7. The van der Waals surface area contributed by atoms with Crippen LogP contribution in [-0.4, -0.2) is 33.5 Å². The summed E-state index contributed by atoms with van der Waals surface area (Å²) in [6.45, 7) is 0.973. The summed E-state index contributed by atoms with van der Waals surface area (Å²) >= 11 is 7.49. The number of rotatable bonds is 11. The van der Waals surface area contributed by atoms with Crippen LogP contribution in [0.15, 0.2) is 84.0 Å². The summed E-state index contributed by atoms with van der Waals surface area (Å²) in [5.74, 6) is 2.15. The molecule has 1 heterocycles. The fourth-order valence-electron chi connectivity index (χ4n) is 3.36. The monoisotopic (exact) mass is 507 g/mol. The standard InChI is InChI=1S/C26H26ClN5O2S/c1-34-23-13-7-19(8-14-23)17-29-25(33)15-16-35-26-31-30-24(32(26)22-5-3-2-4-6-22)18-28-21-11-9-20(27)10-12-21/h2-14,28H,15-18H2,1H3,(H,29,33). The Kier molecular flexibility index (Phi) is 8.64. The molecule has 2 N–H and O–H groups in total. The Bertz CT molecular complexity index is 1230. The van der Waals surface area contributed by atoms with Crippen molar-refractivity contribution in [1.82, 2.24) is 20.1 Å². The fraction of sp³-hybridized carbons (Fsp3) is 0.192. The van der Waals surface area contributed by atoms with Gasteiger partial charge in [0.15, 0.2) is 11.0 Å². The molecule has 9 heteroatoms. The van der Waals surface area contributed by atoms with E-state index in [9.17, 15) is 4.79 Å². The molecule has 4 rings (SSSR count). The number of carbonyl (C=O) groups excluding carboxylic acids is 1. The zero-order chi connectivity index (χ0) is 24.5. The van der Waals surface area contributed by atoms with E-state index in [1.807, 2.05) is 83.4 Å². The van der Waals surface area contributed by atoms with Crippen LogP contribution in [0.4, 0.5) is 5.69 Å². The Balaban J connectivity index is 1.35. The zero-order valence-corrected chi connectivity index (χ0v) is 20.9. The number of hydrogen-bond donors (Lipinski definition) is 2. The number of nitrogens with one attached hydrogen (secondary N) is 2. The summed E-state index contributed by atoms with van der Waals surface area (Å²) in [6, 6.07) is 25.1. The maximum Gasteiger partial charge on any atom is 0.221 e. The number of anilines is 1. The van der Waals surface area contributed by atoms with Gasteiger partial charge in [-0.25, -0.2) is 0 Å². The fourth-order valence-corrected chi connectivity index (χ4v) is 4.40. The van der Waals surface area contributed by atoms with E-state index in [0.29, 0.717) is 30.3 Å². The van der Waals surface area contributed by atoms with Gasteiger partial charge in [0.25, 0.3) is 0 Å². The van der Waals surface area contributed by atoms with E-state index in [0.717, 1.165) is 33.7 Å². The molecule has 0 bridgehead atoms. The number of para-hydroxylation sites is 1. The molecule has 35 heavy (non-hydrogen) atoms. The Morgan fingerprint density at radius 1 is 0.971 bits per heavy atom. The minimum Gasteiger partial charge on any atom is -0.497 e. The zero-order valence-electron chi connectivity index (χ0n) is 19.3. The van der Waals surface area contributed by atoms with Gasteiger partial charge in [-0.3, -0.25) is 9.36 Å². The molecular formula is C26H26ClN5O2S. The lowest BCUT2D eigenvalue weighted by atomic mass is 10.2. The third-order valence-corrected chi connectivity index (χ3v) is 6.40. The summed E-state index contributed by atoms with van der Waals surface area (Å²) < 4.78 is 7.18. The summed E-state index contributed by atoms with van der Waals surface area (Å²) in [5.41, 5.74) is 2.94. The van der Waals surface area contributed by atoms with Crippen molar-refractivity contribution >= 4 is 35.0 Å². The lowest BCUT2D eigenvalue weighted by Gasteiger charge is -2.11. The largest absolute Gasteiger partial charge is 0.497 e. The number of hydrogen-bond acceptors (Lipinski definition) is 6. The molecule has 0 aliphatic carbocycles. The van der Waals surface area contributed by atoms with Gasteiger partial charge in [-0.1, -0.05) is 53.7 Å². The molecule has 0 spiro atoms. The van der Waals surface area contributed by atoms with Crippen molar-refractivity contribution < 1.29 is 9.53 Å². The number of ether oxygens (including phenoxy) is 1. The Labute approximate surface area is 213 Å². The third kappa shape index (κ3) is 7.00. The van der Waals surface area contributed by atoms with Crippen molar-refractivity contribution in [3.8, 4) is 11.4 Å². The van der Waals surface area contributed by atoms with E-state index in [1.54, 1.807) is 7.11 Å². The highest BCUT2D eigenvalue weighted by Crippen LogP contribution is 2.23. The molecule has 0 saturated heterocycles. The molecule has 0 atom stereocenters. The second kappa shape index (κ2) is 12.3. The van der Waals surface area contributed by atoms with Crippen LogP contribution in [0.3, 0.4) is 0 Å². The number of aromatic nitrogens is 3. The van der Waals surface area contributed by atoms with Crippen molar-refractivity contribution in [3.05, 3.63) is 95.3 Å². The lowest BCUT2D eigenvalue weighted by Crippen LogP contribution is -2.23. The molecule has 3 aromatic carbocycles. The van der Waals surface area contributed by atoms with Gasteiger partial charge in [0.1, 0.15) is 5.75 Å². The predicted molar refractivity (Wildman–Crippen MR) is 140 cm³/mol. The number of amides is 1. The molecule has 1 aromatic heterocycles. The molecule has 4 aromatic rings. The summed E-state index contributed by atoms with van der Waals surface area (Å²) in [5, 5.41) is 16.6. The molecule has 0 saturated carbocycles. The summed E-state index contributed by atoms with van der Waals surface area (Å²) in [7, 11) is 1.63. The highest BCUT2D eigenvalue weighted by atomic mass is 35.5. The number of carbonyl (C=O) groups is 1. The highest BCUT2D eigenvalue weighted by Gasteiger charge is 2.15. The molecule has 7 nitrogen and oxygen atoms in total. The molecule has 180 valence electrons. The summed E-state index contributed by atoms with van der Waals surface area (Å²) in [6.07, 6.45) is 0.376. The van der Waals surface area contributed by atoms with Gasteiger partial charge in [0.2, 0.25) is 5.91 Å². The van der Waals surface area contributed by atoms with Crippen LogP contribution in [0, 0.1) is 0 Å². The number of nitrogens with zero attached hydrogens (tertiary/aromatic N) is 3. The Morgan fingerprint density at radius 3 is 2.43 bits per heavy atom. The van der Waals surface area contributed by atoms with Crippen molar-refractivity contribution in [2.75, 3.05) is 18.2 Å². The van der Waals surface area contributed by atoms with E-state index >= 15 is 0 Å². The molecule has 1 amide bonds. The van der Waals surface area contributed by atoms with Gasteiger partial charge in [-0.15, -0.1) is 10.2 Å². The molecule has 0 unspecified atom stereocenters. The first-order valence-corrected chi connectivity index (χ1v) is 12.5. The number of thioether (sulfide) groups is 1. The minimum absolute atomic E-state index is 0.0104. The first-order chi connectivity index (χ1) is 17.1. The van der Waals surface area contributed by atoms with Crippen molar-refractivity contribution in [3.63, 3.8) is 0 Å². The first-order valence-electron chi connectivity index (χ1n) is 11.1. The van der Waals surface area contributed by atoms with Crippen LogP contribution < -0.4 is 15.4 Å². The predicted octanol–water partition coefficient (Wildman–Crippen LogP) is 5.34. The molecular weight excluding hydrogens is 482 g/mol. The van der Waals surface area contributed by atoms with Gasteiger partial charge in [-0.05, 0) is 54.1 Å². The van der Waals surface area contributed by atoms with E-state index in [4.69, 9.17) is 16.3 Å². The van der Waals surface area contributed by atoms with E-state index in [1.165, 1.54) is 11.8 Å². The quantitative estimate of drug-likeness (QED) is 0.267. The second-order valence-electron chi connectivity index (χ2n) is 7.65. The second-order valence-corrected chi connectivity index (χ2v) is 9.15. The van der Waals surface area contributed by atoms with Crippen LogP contribution in [0.5, 0.6) is 5.75 Å². The maximum atomic E-state index is 12.4. The Morgan fingerprint density at radius 2 is 1.71 bits per heavy atom. The topological polar surface area (TPSA) is 81.1 Å².